The van der Waals surface area contributed by atoms with Crippen molar-refractivity contribution in [3.05, 3.63) is 24.4 Å². The summed E-state index contributed by atoms with van der Waals surface area (Å²) < 4.78 is 24.2. The topological polar surface area (TPSA) is 52.0 Å². The average molecular weight is 210 g/mol. The van der Waals surface area contributed by atoms with E-state index in [9.17, 15) is 8.42 Å². The maximum absolute atomic E-state index is 11.2. The molecular formula is C9H10N2O2S. The highest BCUT2D eigenvalue weighted by Gasteiger charge is 2.08. The number of benzene rings is 1. The van der Waals surface area contributed by atoms with Crippen molar-refractivity contribution < 1.29 is 8.42 Å². The van der Waals surface area contributed by atoms with Crippen molar-refractivity contribution in [2.75, 3.05) is 6.26 Å². The molecule has 5 heteroatoms. The smallest absolute Gasteiger partial charge is 0.175 e. The first-order valence-electron chi connectivity index (χ1n) is 4.10. The Bertz CT molecular complexity index is 584. The molecule has 0 N–H and O–H groups in total. The van der Waals surface area contributed by atoms with Crippen LogP contribution in [0.2, 0.25) is 0 Å². The molecule has 0 atom stereocenters. The first-order valence-corrected chi connectivity index (χ1v) is 5.99. The van der Waals surface area contributed by atoms with Gasteiger partial charge in [0, 0.05) is 24.9 Å². The van der Waals surface area contributed by atoms with Gasteiger partial charge in [-0.15, -0.1) is 0 Å². The van der Waals surface area contributed by atoms with Crippen LogP contribution in [0.1, 0.15) is 0 Å². The Hall–Kier alpha value is -1.36. The van der Waals surface area contributed by atoms with Crippen LogP contribution in [0.5, 0.6) is 0 Å². The van der Waals surface area contributed by atoms with E-state index < -0.39 is 9.84 Å². The van der Waals surface area contributed by atoms with E-state index in [4.69, 9.17) is 0 Å². The summed E-state index contributed by atoms with van der Waals surface area (Å²) in [6, 6.07) is 4.95. The van der Waals surface area contributed by atoms with E-state index >= 15 is 0 Å². The average Bonchev–Trinajstić information content (AvgIpc) is 2.41. The molecule has 0 aliphatic heterocycles. The molecule has 0 aliphatic carbocycles. The van der Waals surface area contributed by atoms with E-state index in [1.165, 1.54) is 6.26 Å². The normalized spacial score (nSPS) is 12.1. The van der Waals surface area contributed by atoms with Crippen LogP contribution in [-0.2, 0) is 16.9 Å². The molecule has 1 heterocycles. The minimum Gasteiger partial charge on any atom is -0.275 e. The molecule has 0 fully saturated rings. The summed E-state index contributed by atoms with van der Waals surface area (Å²) in [6.07, 6.45) is 3.04. The van der Waals surface area contributed by atoms with Crippen LogP contribution in [-0.4, -0.2) is 24.5 Å². The van der Waals surface area contributed by atoms with Gasteiger partial charge in [0.05, 0.1) is 10.4 Å². The molecule has 0 unspecified atom stereocenters. The quantitative estimate of drug-likeness (QED) is 0.705. The van der Waals surface area contributed by atoms with Crippen LogP contribution >= 0.6 is 0 Å². The zero-order valence-corrected chi connectivity index (χ0v) is 8.75. The molecule has 0 bridgehead atoms. The van der Waals surface area contributed by atoms with E-state index in [0.717, 1.165) is 5.39 Å². The molecule has 0 radical (unpaired) electrons. The number of sulfone groups is 1. The lowest BCUT2D eigenvalue weighted by Gasteiger charge is -1.96. The summed E-state index contributed by atoms with van der Waals surface area (Å²) in [6.45, 7) is 0. The molecule has 2 rings (SSSR count). The van der Waals surface area contributed by atoms with Gasteiger partial charge in [-0.2, -0.15) is 5.10 Å². The molecule has 4 nitrogen and oxygen atoms in total. The summed E-state index contributed by atoms with van der Waals surface area (Å²) >= 11 is 0. The van der Waals surface area contributed by atoms with Crippen LogP contribution in [0.3, 0.4) is 0 Å². The van der Waals surface area contributed by atoms with Crippen molar-refractivity contribution in [2.24, 2.45) is 7.05 Å². The van der Waals surface area contributed by atoms with E-state index in [-0.39, 0.29) is 0 Å². The van der Waals surface area contributed by atoms with E-state index in [1.54, 1.807) is 29.9 Å². The van der Waals surface area contributed by atoms with Gasteiger partial charge in [-0.1, -0.05) is 0 Å². The highest BCUT2D eigenvalue weighted by molar-refractivity contribution is 7.90. The highest BCUT2D eigenvalue weighted by atomic mass is 32.2. The second-order valence-electron chi connectivity index (χ2n) is 3.30. The van der Waals surface area contributed by atoms with Gasteiger partial charge in [0.25, 0.3) is 0 Å². The van der Waals surface area contributed by atoms with Gasteiger partial charge in [0.15, 0.2) is 9.84 Å². The fourth-order valence-corrected chi connectivity index (χ4v) is 1.99. The van der Waals surface area contributed by atoms with E-state index in [1.807, 2.05) is 6.20 Å². The SMILES string of the molecule is Cn1cc2ccc(S(C)(=O)=O)cc2n1. The number of aryl methyl sites for hydroxylation is 1. The van der Waals surface area contributed by atoms with Crippen LogP contribution in [0.25, 0.3) is 10.9 Å². The molecule has 2 aromatic rings. The van der Waals surface area contributed by atoms with Gasteiger partial charge in [0.1, 0.15) is 0 Å². The van der Waals surface area contributed by atoms with Gasteiger partial charge >= 0.3 is 0 Å². The van der Waals surface area contributed by atoms with Gasteiger partial charge in [-0.05, 0) is 18.2 Å². The first kappa shape index (κ1) is 9.21. The summed E-state index contributed by atoms with van der Waals surface area (Å²) in [5.41, 5.74) is 0.704. The molecule has 0 saturated carbocycles. The van der Waals surface area contributed by atoms with Crippen molar-refractivity contribution in [2.45, 2.75) is 4.90 Å². The lowest BCUT2D eigenvalue weighted by molar-refractivity contribution is 0.602. The minimum atomic E-state index is -3.13. The number of hydrogen-bond acceptors (Lipinski definition) is 3. The van der Waals surface area contributed by atoms with E-state index in [2.05, 4.69) is 5.10 Å². The predicted octanol–water partition coefficient (Wildman–Crippen LogP) is 0.977. The second kappa shape index (κ2) is 2.81. The van der Waals surface area contributed by atoms with Crippen molar-refractivity contribution >= 4 is 20.7 Å². The summed E-state index contributed by atoms with van der Waals surface area (Å²) in [5, 5.41) is 5.08. The maximum Gasteiger partial charge on any atom is 0.175 e. The zero-order valence-electron chi connectivity index (χ0n) is 7.93. The van der Waals surface area contributed by atoms with Gasteiger partial charge < -0.3 is 0 Å². The molecule has 0 spiro atoms. The van der Waals surface area contributed by atoms with Crippen LogP contribution in [0.4, 0.5) is 0 Å². The lowest BCUT2D eigenvalue weighted by Crippen LogP contribution is -1.96. The Morgan fingerprint density at radius 3 is 2.71 bits per heavy atom. The molecule has 14 heavy (non-hydrogen) atoms. The zero-order chi connectivity index (χ0) is 10.3. The second-order valence-corrected chi connectivity index (χ2v) is 5.31. The highest BCUT2D eigenvalue weighted by Crippen LogP contribution is 2.17. The number of hydrogen-bond donors (Lipinski definition) is 0. The Kier molecular flexibility index (Phi) is 1.85. The van der Waals surface area contributed by atoms with Crippen molar-refractivity contribution in [1.82, 2.24) is 9.78 Å². The lowest BCUT2D eigenvalue weighted by atomic mass is 10.3. The fraction of sp³-hybridized carbons (Fsp3) is 0.222. The standard InChI is InChI=1S/C9H10N2O2S/c1-11-6-7-3-4-8(14(2,12)13)5-9(7)10-11/h3-6H,1-2H3. The van der Waals surface area contributed by atoms with Gasteiger partial charge in [-0.3, -0.25) is 4.68 Å². The third-order valence-corrected chi connectivity index (χ3v) is 3.13. The number of aromatic nitrogens is 2. The third kappa shape index (κ3) is 1.50. The Morgan fingerprint density at radius 2 is 2.07 bits per heavy atom. The molecule has 1 aromatic carbocycles. The minimum absolute atomic E-state index is 0.309. The third-order valence-electron chi connectivity index (χ3n) is 2.02. The van der Waals surface area contributed by atoms with E-state index in [0.29, 0.717) is 10.4 Å². The Balaban J connectivity index is 2.74. The van der Waals surface area contributed by atoms with Crippen molar-refractivity contribution in [3.8, 4) is 0 Å². The molecule has 0 saturated heterocycles. The Labute approximate surface area is 82.1 Å². The molecular weight excluding hydrogens is 200 g/mol. The van der Waals surface area contributed by atoms with Crippen LogP contribution in [0.15, 0.2) is 29.3 Å². The van der Waals surface area contributed by atoms with Gasteiger partial charge in [-0.25, -0.2) is 8.42 Å². The van der Waals surface area contributed by atoms with Gasteiger partial charge in [0.2, 0.25) is 0 Å². The number of fused-ring (bicyclic) bond motifs is 1. The molecule has 1 aromatic heterocycles. The number of rotatable bonds is 1. The monoisotopic (exact) mass is 210 g/mol. The summed E-state index contributed by atoms with van der Waals surface area (Å²) in [5.74, 6) is 0. The predicted molar refractivity (Wildman–Crippen MR) is 53.8 cm³/mol. The summed E-state index contributed by atoms with van der Waals surface area (Å²) in [4.78, 5) is 0.309. The fourth-order valence-electron chi connectivity index (χ4n) is 1.35. The van der Waals surface area contributed by atoms with Crippen LogP contribution < -0.4 is 0 Å². The first-order chi connectivity index (χ1) is 6.47. The molecule has 0 aliphatic rings. The van der Waals surface area contributed by atoms with Crippen molar-refractivity contribution in [1.29, 1.82) is 0 Å². The summed E-state index contributed by atoms with van der Waals surface area (Å²) in [7, 11) is -1.33. The number of nitrogens with zero attached hydrogens (tertiary/aromatic N) is 2. The van der Waals surface area contributed by atoms with Crippen molar-refractivity contribution in [3.63, 3.8) is 0 Å². The molecule has 74 valence electrons. The maximum atomic E-state index is 11.2. The largest absolute Gasteiger partial charge is 0.275 e. The Morgan fingerprint density at radius 1 is 1.36 bits per heavy atom. The molecule has 0 amide bonds. The van der Waals surface area contributed by atoms with Crippen LogP contribution in [0, 0.1) is 0 Å².